The molecule has 0 amide bonds. The van der Waals surface area contributed by atoms with Crippen LogP contribution in [0.5, 0.6) is 11.5 Å². The van der Waals surface area contributed by atoms with Crippen LogP contribution in [0.15, 0.2) is 53.5 Å². The average Bonchev–Trinajstić information content (AvgIpc) is 2.46. The molecule has 0 unspecified atom stereocenters. The lowest BCUT2D eigenvalue weighted by atomic mass is 10.0. The molecule has 0 aromatic heterocycles. The van der Waals surface area contributed by atoms with E-state index in [0.29, 0.717) is 11.1 Å². The summed E-state index contributed by atoms with van der Waals surface area (Å²) in [6, 6.07) is 12.9. The zero-order valence-electron chi connectivity index (χ0n) is 11.1. The zero-order chi connectivity index (χ0) is 14.5. The summed E-state index contributed by atoms with van der Waals surface area (Å²) in [5.41, 5.74) is 1.29. The quantitative estimate of drug-likeness (QED) is 0.748. The number of aliphatic imine (C=N–C) groups is 1. The number of hydrogen-bond donors (Lipinski definition) is 3. The second-order valence-corrected chi connectivity index (χ2v) is 4.61. The Labute approximate surface area is 117 Å². The largest absolute Gasteiger partial charge is 0.508 e. The minimum absolute atomic E-state index is 0.155. The molecule has 0 saturated heterocycles. The number of para-hydroxylation sites is 1. The highest BCUT2D eigenvalue weighted by Crippen LogP contribution is 2.22. The van der Waals surface area contributed by atoms with Gasteiger partial charge in [-0.05, 0) is 36.8 Å². The van der Waals surface area contributed by atoms with Gasteiger partial charge in [-0.2, -0.15) is 0 Å². The number of aliphatic hydroxyl groups excluding tert-OH is 1. The number of rotatable bonds is 4. The van der Waals surface area contributed by atoms with Crippen molar-refractivity contribution >= 4 is 6.21 Å². The summed E-state index contributed by atoms with van der Waals surface area (Å²) in [7, 11) is 0. The second-order valence-electron chi connectivity index (χ2n) is 4.61. The first-order valence-electron chi connectivity index (χ1n) is 6.36. The fourth-order valence-corrected chi connectivity index (χ4v) is 1.83. The van der Waals surface area contributed by atoms with Gasteiger partial charge in [0.05, 0.1) is 6.04 Å². The summed E-state index contributed by atoms with van der Waals surface area (Å²) >= 11 is 0. The monoisotopic (exact) mass is 271 g/mol. The van der Waals surface area contributed by atoms with Crippen LogP contribution in [-0.2, 0) is 0 Å². The van der Waals surface area contributed by atoms with Crippen LogP contribution < -0.4 is 0 Å². The first-order valence-corrected chi connectivity index (χ1v) is 6.36. The molecular weight excluding hydrogens is 254 g/mol. The van der Waals surface area contributed by atoms with Crippen LogP contribution in [0.1, 0.15) is 24.2 Å². The molecule has 20 heavy (non-hydrogen) atoms. The van der Waals surface area contributed by atoms with Gasteiger partial charge < -0.3 is 15.3 Å². The first-order chi connectivity index (χ1) is 9.58. The van der Waals surface area contributed by atoms with Crippen molar-refractivity contribution in [3.05, 3.63) is 59.7 Å². The molecule has 0 aliphatic carbocycles. The lowest BCUT2D eigenvalue weighted by molar-refractivity contribution is 0.154. The van der Waals surface area contributed by atoms with Gasteiger partial charge >= 0.3 is 0 Å². The summed E-state index contributed by atoms with van der Waals surface area (Å²) in [4.78, 5) is 4.26. The van der Waals surface area contributed by atoms with Crippen LogP contribution in [0.3, 0.4) is 0 Å². The third-order valence-corrected chi connectivity index (χ3v) is 3.08. The van der Waals surface area contributed by atoms with Crippen molar-refractivity contribution in [1.29, 1.82) is 0 Å². The van der Waals surface area contributed by atoms with Crippen LogP contribution >= 0.6 is 0 Å². The fourth-order valence-electron chi connectivity index (χ4n) is 1.83. The van der Waals surface area contributed by atoms with Gasteiger partial charge in [-0.1, -0.05) is 24.3 Å². The van der Waals surface area contributed by atoms with Gasteiger partial charge in [-0.15, -0.1) is 0 Å². The van der Waals surface area contributed by atoms with Gasteiger partial charge in [0.1, 0.15) is 17.6 Å². The highest BCUT2D eigenvalue weighted by molar-refractivity contribution is 5.83. The standard InChI is InChI=1S/C16H17NO3/c1-11(16(20)12-6-8-14(18)9-7-12)17-10-13-4-2-3-5-15(13)19/h2-11,16,18-20H,1H3/t11-,16-/m1/s1. The van der Waals surface area contributed by atoms with Crippen molar-refractivity contribution in [2.75, 3.05) is 0 Å². The van der Waals surface area contributed by atoms with Crippen LogP contribution in [0.25, 0.3) is 0 Å². The molecule has 2 aromatic rings. The number of phenolic OH excluding ortho intramolecular Hbond substituents is 2. The Bertz CT molecular complexity index is 593. The summed E-state index contributed by atoms with van der Waals surface area (Å²) in [5.74, 6) is 0.314. The van der Waals surface area contributed by atoms with Crippen molar-refractivity contribution in [1.82, 2.24) is 0 Å². The number of aromatic hydroxyl groups is 2. The maximum atomic E-state index is 10.2. The number of aliphatic hydroxyl groups is 1. The Morgan fingerprint density at radius 2 is 1.65 bits per heavy atom. The average molecular weight is 271 g/mol. The van der Waals surface area contributed by atoms with Gasteiger partial charge in [0.2, 0.25) is 0 Å². The molecule has 0 saturated carbocycles. The fraction of sp³-hybridized carbons (Fsp3) is 0.188. The lowest BCUT2D eigenvalue weighted by Crippen LogP contribution is -2.12. The molecule has 2 rings (SSSR count). The highest BCUT2D eigenvalue weighted by atomic mass is 16.3. The third kappa shape index (κ3) is 3.36. The maximum Gasteiger partial charge on any atom is 0.124 e. The molecule has 0 heterocycles. The van der Waals surface area contributed by atoms with Crippen molar-refractivity contribution < 1.29 is 15.3 Å². The van der Waals surface area contributed by atoms with E-state index in [2.05, 4.69) is 4.99 Å². The predicted octanol–water partition coefficient (Wildman–Crippen LogP) is 2.64. The van der Waals surface area contributed by atoms with E-state index < -0.39 is 6.10 Å². The molecule has 3 N–H and O–H groups in total. The molecule has 0 aliphatic heterocycles. The van der Waals surface area contributed by atoms with Crippen LogP contribution in [0, 0.1) is 0 Å². The summed E-state index contributed by atoms with van der Waals surface area (Å²) in [5, 5.41) is 29.0. The molecule has 0 aliphatic rings. The summed E-state index contributed by atoms with van der Waals surface area (Å²) < 4.78 is 0. The van der Waals surface area contributed by atoms with Gasteiger partial charge in [0.25, 0.3) is 0 Å². The molecule has 2 aromatic carbocycles. The topological polar surface area (TPSA) is 73.1 Å². The summed E-state index contributed by atoms with van der Waals surface area (Å²) in [6.45, 7) is 1.79. The Hall–Kier alpha value is -2.33. The molecular formula is C16H17NO3. The van der Waals surface area contributed by atoms with E-state index in [1.165, 1.54) is 12.1 Å². The van der Waals surface area contributed by atoms with Crippen molar-refractivity contribution in [3.63, 3.8) is 0 Å². The van der Waals surface area contributed by atoms with E-state index >= 15 is 0 Å². The molecule has 4 nitrogen and oxygen atoms in total. The van der Waals surface area contributed by atoms with Crippen LogP contribution in [0.4, 0.5) is 0 Å². The Morgan fingerprint density at radius 1 is 1.00 bits per heavy atom. The second kappa shape index (κ2) is 6.21. The molecule has 4 heteroatoms. The Morgan fingerprint density at radius 3 is 2.30 bits per heavy atom. The number of benzene rings is 2. The first kappa shape index (κ1) is 14.1. The van der Waals surface area contributed by atoms with E-state index in [-0.39, 0.29) is 17.5 Å². The van der Waals surface area contributed by atoms with Crippen molar-refractivity contribution in [2.45, 2.75) is 19.1 Å². The van der Waals surface area contributed by atoms with E-state index in [9.17, 15) is 15.3 Å². The van der Waals surface area contributed by atoms with Crippen molar-refractivity contribution in [2.24, 2.45) is 4.99 Å². The van der Waals surface area contributed by atoms with Crippen LogP contribution in [0.2, 0.25) is 0 Å². The molecule has 0 bridgehead atoms. The maximum absolute atomic E-state index is 10.2. The normalized spacial score (nSPS) is 14.3. The third-order valence-electron chi connectivity index (χ3n) is 3.08. The Balaban J connectivity index is 2.09. The smallest absolute Gasteiger partial charge is 0.124 e. The van der Waals surface area contributed by atoms with E-state index in [4.69, 9.17) is 0 Å². The number of phenols is 2. The van der Waals surface area contributed by atoms with E-state index in [0.717, 1.165) is 0 Å². The minimum atomic E-state index is -0.766. The predicted molar refractivity (Wildman–Crippen MR) is 78.2 cm³/mol. The number of hydrogen-bond acceptors (Lipinski definition) is 4. The Kier molecular flexibility index (Phi) is 4.38. The SMILES string of the molecule is C[C@@H](N=Cc1ccccc1O)[C@@H](O)c1ccc(O)cc1. The minimum Gasteiger partial charge on any atom is -0.508 e. The zero-order valence-corrected chi connectivity index (χ0v) is 11.1. The molecule has 104 valence electrons. The van der Waals surface area contributed by atoms with Gasteiger partial charge in [-0.25, -0.2) is 0 Å². The van der Waals surface area contributed by atoms with Crippen LogP contribution in [-0.4, -0.2) is 27.6 Å². The lowest BCUT2D eigenvalue weighted by Gasteiger charge is -2.15. The van der Waals surface area contributed by atoms with E-state index in [1.807, 2.05) is 6.07 Å². The van der Waals surface area contributed by atoms with E-state index in [1.54, 1.807) is 43.5 Å². The molecule has 0 fully saturated rings. The molecule has 2 atom stereocenters. The van der Waals surface area contributed by atoms with Gasteiger partial charge in [0, 0.05) is 11.8 Å². The van der Waals surface area contributed by atoms with Gasteiger partial charge in [-0.3, -0.25) is 4.99 Å². The number of nitrogens with zero attached hydrogens (tertiary/aromatic N) is 1. The molecule has 0 spiro atoms. The van der Waals surface area contributed by atoms with Crippen molar-refractivity contribution in [3.8, 4) is 11.5 Å². The molecule has 0 radical (unpaired) electrons. The van der Waals surface area contributed by atoms with Gasteiger partial charge in [0.15, 0.2) is 0 Å². The highest BCUT2D eigenvalue weighted by Gasteiger charge is 2.14. The summed E-state index contributed by atoms with van der Waals surface area (Å²) in [6.07, 6.45) is 0.779.